The first-order valence-corrected chi connectivity index (χ1v) is 12.0. The second-order valence-corrected chi connectivity index (χ2v) is 9.49. The topological polar surface area (TPSA) is 116 Å². The molecule has 0 radical (unpaired) electrons. The number of benzene rings is 1. The second kappa shape index (κ2) is 10.2. The van der Waals surface area contributed by atoms with Gasteiger partial charge < -0.3 is 14.7 Å². The van der Waals surface area contributed by atoms with Crippen LogP contribution in [0.1, 0.15) is 30.0 Å². The Morgan fingerprint density at radius 3 is 2.25 bits per heavy atom. The molecule has 2 heterocycles. The molecule has 2 amide bonds. The van der Waals surface area contributed by atoms with Crippen molar-refractivity contribution in [3.63, 3.8) is 0 Å². The number of amides is 2. The lowest BCUT2D eigenvalue weighted by molar-refractivity contribution is -0.117. The number of nitrogens with one attached hydrogen (secondary N) is 1. The molecule has 1 aromatic carbocycles. The highest BCUT2D eigenvalue weighted by Gasteiger charge is 2.29. The summed E-state index contributed by atoms with van der Waals surface area (Å²) in [4.78, 5) is 28.3. The Morgan fingerprint density at radius 1 is 1.09 bits per heavy atom. The van der Waals surface area contributed by atoms with Crippen molar-refractivity contribution in [2.75, 3.05) is 51.1 Å². The van der Waals surface area contributed by atoms with E-state index in [2.05, 4.69) is 10.5 Å². The summed E-state index contributed by atoms with van der Waals surface area (Å²) in [5.74, 6) is 0.607. The number of piperazine rings is 1. The van der Waals surface area contributed by atoms with Crippen LogP contribution in [0.5, 0.6) is 0 Å². The minimum atomic E-state index is -3.67. The molecule has 2 aromatic rings. The van der Waals surface area contributed by atoms with Crippen LogP contribution in [-0.2, 0) is 14.8 Å². The lowest BCUT2D eigenvalue weighted by Crippen LogP contribution is -2.50. The smallest absolute Gasteiger partial charge is 0.253 e. The largest absolute Gasteiger partial charge is 0.360 e. The molecule has 1 saturated heterocycles. The molecule has 11 heteroatoms. The molecule has 0 saturated carbocycles. The first-order chi connectivity index (χ1) is 15.2. The first-order valence-electron chi connectivity index (χ1n) is 10.6. The fraction of sp³-hybridized carbons (Fsp3) is 0.476. The molecule has 3 rings (SSSR count). The second-order valence-electron chi connectivity index (χ2n) is 7.55. The van der Waals surface area contributed by atoms with Gasteiger partial charge in [-0.1, -0.05) is 5.16 Å². The van der Waals surface area contributed by atoms with Gasteiger partial charge in [0.2, 0.25) is 15.9 Å². The molecule has 0 atom stereocenters. The van der Waals surface area contributed by atoms with Crippen molar-refractivity contribution in [2.24, 2.45) is 0 Å². The third-order valence-electron chi connectivity index (χ3n) is 5.38. The highest BCUT2D eigenvalue weighted by Crippen LogP contribution is 2.19. The third-order valence-corrected chi connectivity index (χ3v) is 7.30. The number of hydrogen-bond acceptors (Lipinski definition) is 7. The number of aromatic nitrogens is 1. The van der Waals surface area contributed by atoms with Gasteiger partial charge in [-0.25, -0.2) is 8.42 Å². The molecule has 1 N–H and O–H groups in total. The summed E-state index contributed by atoms with van der Waals surface area (Å²) in [6.07, 6.45) is 0. The van der Waals surface area contributed by atoms with Crippen molar-refractivity contribution in [1.82, 2.24) is 19.3 Å². The Labute approximate surface area is 188 Å². The molecule has 1 aromatic heterocycles. The summed E-state index contributed by atoms with van der Waals surface area (Å²) in [7, 11) is -3.67. The molecule has 1 aliphatic rings. The maximum absolute atomic E-state index is 13.0. The van der Waals surface area contributed by atoms with Crippen LogP contribution in [0, 0.1) is 6.92 Å². The van der Waals surface area contributed by atoms with E-state index in [9.17, 15) is 18.0 Å². The van der Waals surface area contributed by atoms with Gasteiger partial charge in [0.1, 0.15) is 5.76 Å². The fourth-order valence-corrected chi connectivity index (χ4v) is 4.97. The molecule has 10 nitrogen and oxygen atoms in total. The minimum absolute atomic E-state index is 0.119. The van der Waals surface area contributed by atoms with Crippen molar-refractivity contribution in [2.45, 2.75) is 25.7 Å². The predicted molar refractivity (Wildman–Crippen MR) is 119 cm³/mol. The molecule has 0 unspecified atom stereocenters. The van der Waals surface area contributed by atoms with Gasteiger partial charge >= 0.3 is 0 Å². The van der Waals surface area contributed by atoms with E-state index in [4.69, 9.17) is 4.52 Å². The molecular weight excluding hydrogens is 434 g/mol. The lowest BCUT2D eigenvalue weighted by Gasteiger charge is -2.33. The maximum Gasteiger partial charge on any atom is 0.253 e. The normalized spacial score (nSPS) is 15.5. The van der Waals surface area contributed by atoms with E-state index >= 15 is 0 Å². The Morgan fingerprint density at radius 2 is 1.72 bits per heavy atom. The van der Waals surface area contributed by atoms with Crippen LogP contribution in [0.2, 0.25) is 0 Å². The highest BCUT2D eigenvalue weighted by atomic mass is 32.2. The SMILES string of the molecule is CCN(CC)C(=O)c1ccc(S(=O)(=O)N2CCN(CC(=O)Nc3cc(C)on3)CC2)cc1. The van der Waals surface area contributed by atoms with E-state index in [1.54, 1.807) is 30.0 Å². The van der Waals surface area contributed by atoms with Crippen LogP contribution < -0.4 is 5.32 Å². The van der Waals surface area contributed by atoms with E-state index in [1.165, 1.54) is 16.4 Å². The van der Waals surface area contributed by atoms with Gasteiger partial charge in [0, 0.05) is 50.9 Å². The summed E-state index contributed by atoms with van der Waals surface area (Å²) in [6, 6.07) is 7.69. The fourth-order valence-electron chi connectivity index (χ4n) is 3.55. The van der Waals surface area contributed by atoms with Crippen molar-refractivity contribution < 1.29 is 22.5 Å². The third kappa shape index (κ3) is 5.53. The average Bonchev–Trinajstić information content (AvgIpc) is 3.19. The summed E-state index contributed by atoms with van der Waals surface area (Å²) in [5, 5.41) is 6.39. The van der Waals surface area contributed by atoms with E-state index in [-0.39, 0.29) is 36.3 Å². The molecule has 0 bridgehead atoms. The van der Waals surface area contributed by atoms with Crippen LogP contribution in [0.15, 0.2) is 39.8 Å². The number of carbonyl (C=O) groups excluding carboxylic acids is 2. The van der Waals surface area contributed by atoms with Gasteiger partial charge in [-0.05, 0) is 45.0 Å². The quantitative estimate of drug-likeness (QED) is 0.629. The number of anilines is 1. The molecule has 174 valence electrons. The summed E-state index contributed by atoms with van der Waals surface area (Å²) < 4.78 is 32.3. The van der Waals surface area contributed by atoms with E-state index in [0.717, 1.165) is 0 Å². The summed E-state index contributed by atoms with van der Waals surface area (Å²) in [5.41, 5.74) is 0.464. The zero-order chi connectivity index (χ0) is 23.3. The number of hydrogen-bond donors (Lipinski definition) is 1. The lowest BCUT2D eigenvalue weighted by atomic mass is 10.2. The van der Waals surface area contributed by atoms with Gasteiger partial charge in [-0.3, -0.25) is 14.5 Å². The maximum atomic E-state index is 13.0. The van der Waals surface area contributed by atoms with E-state index < -0.39 is 10.0 Å². The zero-order valence-corrected chi connectivity index (χ0v) is 19.4. The summed E-state index contributed by atoms with van der Waals surface area (Å²) in [6.45, 7) is 8.29. The highest BCUT2D eigenvalue weighted by molar-refractivity contribution is 7.89. The molecular formula is C21H29N5O5S. The Hall–Kier alpha value is -2.76. The predicted octanol–water partition coefficient (Wildman–Crippen LogP) is 1.41. The number of carbonyl (C=O) groups is 2. The van der Waals surface area contributed by atoms with Gasteiger partial charge in [-0.2, -0.15) is 4.31 Å². The van der Waals surface area contributed by atoms with Crippen molar-refractivity contribution in [3.8, 4) is 0 Å². The van der Waals surface area contributed by atoms with Gasteiger partial charge in [0.05, 0.1) is 11.4 Å². The van der Waals surface area contributed by atoms with Crippen molar-refractivity contribution >= 4 is 27.7 Å². The molecule has 0 spiro atoms. The Kier molecular flexibility index (Phi) is 7.64. The van der Waals surface area contributed by atoms with Crippen molar-refractivity contribution in [1.29, 1.82) is 0 Å². The first kappa shape index (κ1) is 23.9. The number of nitrogens with zero attached hydrogens (tertiary/aromatic N) is 4. The van der Waals surface area contributed by atoms with E-state index in [1.807, 2.05) is 18.7 Å². The number of rotatable bonds is 8. The Balaban J connectivity index is 1.56. The van der Waals surface area contributed by atoms with Gasteiger partial charge in [0.15, 0.2) is 5.82 Å². The average molecular weight is 464 g/mol. The number of aryl methyl sites for hydroxylation is 1. The van der Waals surface area contributed by atoms with Gasteiger partial charge in [-0.15, -0.1) is 0 Å². The Bertz CT molecular complexity index is 1040. The van der Waals surface area contributed by atoms with Crippen LogP contribution in [-0.4, -0.2) is 85.3 Å². The van der Waals surface area contributed by atoms with Crippen LogP contribution in [0.3, 0.4) is 0 Å². The molecule has 0 aliphatic carbocycles. The zero-order valence-electron chi connectivity index (χ0n) is 18.6. The molecule has 1 fully saturated rings. The monoisotopic (exact) mass is 463 g/mol. The number of sulfonamides is 1. The minimum Gasteiger partial charge on any atom is -0.360 e. The van der Waals surface area contributed by atoms with Crippen LogP contribution in [0.25, 0.3) is 0 Å². The van der Waals surface area contributed by atoms with Crippen molar-refractivity contribution in [3.05, 3.63) is 41.7 Å². The van der Waals surface area contributed by atoms with Gasteiger partial charge in [0.25, 0.3) is 5.91 Å². The standard InChI is InChI=1S/C21H29N5O5S/c1-4-25(5-2)21(28)17-6-8-18(9-7-17)32(29,30)26-12-10-24(11-13-26)15-20(27)22-19-14-16(3)31-23-19/h6-9,14H,4-5,10-13,15H2,1-3H3,(H,22,23,27). The molecule has 32 heavy (non-hydrogen) atoms. The van der Waals surface area contributed by atoms with E-state index in [0.29, 0.717) is 43.3 Å². The van der Waals surface area contributed by atoms with Crippen LogP contribution in [0.4, 0.5) is 5.82 Å². The molecule has 1 aliphatic heterocycles. The van der Waals surface area contributed by atoms with Crippen LogP contribution >= 0.6 is 0 Å². The summed E-state index contributed by atoms with van der Waals surface area (Å²) >= 11 is 0.